The van der Waals surface area contributed by atoms with Crippen LogP contribution < -0.4 is 0 Å². The number of nitrogens with zero attached hydrogens (tertiary/aromatic N) is 6. The lowest BCUT2D eigenvalue weighted by atomic mass is 9.97. The minimum atomic E-state index is 0.783. The molecule has 4 aromatic heterocycles. The van der Waals surface area contributed by atoms with Crippen molar-refractivity contribution >= 4 is 33.0 Å². The minimum Gasteiger partial charge on any atom is -0.257 e. The van der Waals surface area contributed by atoms with Crippen LogP contribution in [0.25, 0.3) is 21.6 Å². The predicted octanol–water partition coefficient (Wildman–Crippen LogP) is 1.87. The maximum absolute atomic E-state index is 4.30. The molecule has 0 saturated heterocycles. The first-order valence-corrected chi connectivity index (χ1v) is 7.21. The Labute approximate surface area is 111 Å². The number of aromatic nitrogens is 6. The molecule has 6 nitrogen and oxygen atoms in total. The number of hydrogen-bond acceptors (Lipinski definition) is 5. The fourth-order valence-electron chi connectivity index (χ4n) is 3.04. The predicted molar refractivity (Wildman–Crippen MR) is 71.6 cm³/mol. The molecular weight excluding hydrogens is 260 g/mol. The van der Waals surface area contributed by atoms with Gasteiger partial charge in [-0.2, -0.15) is 0 Å². The Morgan fingerprint density at radius 1 is 1.00 bits per heavy atom. The van der Waals surface area contributed by atoms with Gasteiger partial charge in [-0.3, -0.25) is 4.40 Å². The van der Waals surface area contributed by atoms with Gasteiger partial charge < -0.3 is 0 Å². The highest BCUT2D eigenvalue weighted by atomic mass is 32.1. The maximum Gasteiger partial charge on any atom is 0.243 e. The van der Waals surface area contributed by atoms with E-state index in [-0.39, 0.29) is 0 Å². The molecule has 1 aliphatic rings. The summed E-state index contributed by atoms with van der Waals surface area (Å²) in [4.78, 5) is 2.69. The average molecular weight is 270 g/mol. The number of hydrogen-bond donors (Lipinski definition) is 0. The third-order valence-corrected chi connectivity index (χ3v) is 5.18. The second kappa shape index (κ2) is 3.30. The van der Waals surface area contributed by atoms with E-state index >= 15 is 0 Å². The van der Waals surface area contributed by atoms with Crippen LogP contribution in [-0.2, 0) is 12.8 Å². The van der Waals surface area contributed by atoms with Crippen molar-refractivity contribution in [2.75, 3.05) is 0 Å². The molecule has 0 saturated carbocycles. The Morgan fingerprint density at radius 3 is 2.84 bits per heavy atom. The van der Waals surface area contributed by atoms with Gasteiger partial charge in [0.2, 0.25) is 5.78 Å². The highest BCUT2D eigenvalue weighted by Gasteiger charge is 2.22. The van der Waals surface area contributed by atoms with Gasteiger partial charge in [0, 0.05) is 4.88 Å². The zero-order valence-electron chi connectivity index (χ0n) is 10.1. The summed E-state index contributed by atoms with van der Waals surface area (Å²) in [7, 11) is 0. The van der Waals surface area contributed by atoms with Gasteiger partial charge in [0.15, 0.2) is 5.65 Å². The summed E-state index contributed by atoms with van der Waals surface area (Å²) in [6, 6.07) is 0. The summed E-state index contributed by atoms with van der Waals surface area (Å²) in [6.07, 6.45) is 8.36. The number of thiophene rings is 1. The first kappa shape index (κ1) is 9.85. The van der Waals surface area contributed by atoms with Gasteiger partial charge in [-0.25, -0.2) is 4.40 Å². The van der Waals surface area contributed by atoms with E-state index in [9.17, 15) is 0 Å². The van der Waals surface area contributed by atoms with E-state index in [1.807, 2.05) is 15.7 Å². The zero-order valence-corrected chi connectivity index (χ0v) is 10.9. The molecule has 0 aromatic carbocycles. The van der Waals surface area contributed by atoms with Crippen LogP contribution >= 0.6 is 11.3 Å². The molecule has 1 aliphatic carbocycles. The molecule has 4 heterocycles. The van der Waals surface area contributed by atoms with E-state index in [0.717, 1.165) is 17.8 Å². The van der Waals surface area contributed by atoms with Crippen molar-refractivity contribution in [3.05, 3.63) is 23.1 Å². The lowest BCUT2D eigenvalue weighted by Gasteiger charge is -2.10. The molecule has 94 valence electrons. The quantitative estimate of drug-likeness (QED) is 0.489. The standard InChI is InChI=1S/C12H10N6S/c1-2-4-8-7(3-1)9-10-15-13-5-17(10)12-16-14-6-18(12)11(9)19-8/h5-6H,1-4H2. The summed E-state index contributed by atoms with van der Waals surface area (Å²) in [5.74, 6) is 0.783. The van der Waals surface area contributed by atoms with Gasteiger partial charge >= 0.3 is 0 Å². The fraction of sp³-hybridized carbons (Fsp3) is 0.333. The van der Waals surface area contributed by atoms with Crippen molar-refractivity contribution in [1.82, 2.24) is 29.2 Å². The van der Waals surface area contributed by atoms with Crippen LogP contribution in [0.2, 0.25) is 0 Å². The van der Waals surface area contributed by atoms with Gasteiger partial charge in [-0.05, 0) is 31.2 Å². The van der Waals surface area contributed by atoms with Crippen molar-refractivity contribution in [3.8, 4) is 0 Å². The average Bonchev–Trinajstić information content (AvgIpc) is 3.14. The van der Waals surface area contributed by atoms with Crippen molar-refractivity contribution in [2.24, 2.45) is 0 Å². The van der Waals surface area contributed by atoms with E-state index in [2.05, 4.69) is 24.8 Å². The van der Waals surface area contributed by atoms with Gasteiger partial charge in [-0.1, -0.05) is 0 Å². The van der Waals surface area contributed by atoms with E-state index in [4.69, 9.17) is 0 Å². The third-order valence-electron chi connectivity index (χ3n) is 3.89. The SMILES string of the molecule is c1nnc2c3c4c(sc3n3cnnc3n12)CCCC4. The molecule has 0 atom stereocenters. The topological polar surface area (TPSA) is 60.4 Å². The smallest absolute Gasteiger partial charge is 0.243 e. The van der Waals surface area contributed by atoms with Crippen molar-refractivity contribution in [2.45, 2.75) is 25.7 Å². The van der Waals surface area contributed by atoms with Crippen LogP contribution in [0, 0.1) is 0 Å². The minimum absolute atomic E-state index is 0.783. The van der Waals surface area contributed by atoms with Gasteiger partial charge in [0.25, 0.3) is 0 Å². The Kier molecular flexibility index (Phi) is 1.71. The second-order valence-electron chi connectivity index (χ2n) is 4.92. The highest BCUT2D eigenvalue weighted by molar-refractivity contribution is 7.19. The molecule has 0 aliphatic heterocycles. The molecule has 0 unspecified atom stereocenters. The van der Waals surface area contributed by atoms with Gasteiger partial charge in [0.1, 0.15) is 17.5 Å². The van der Waals surface area contributed by atoms with Crippen LogP contribution in [0.15, 0.2) is 12.7 Å². The Bertz CT molecular complexity index is 930. The molecule has 7 heteroatoms. The molecule has 19 heavy (non-hydrogen) atoms. The van der Waals surface area contributed by atoms with Crippen LogP contribution in [0.4, 0.5) is 0 Å². The van der Waals surface area contributed by atoms with E-state index in [0.29, 0.717) is 0 Å². The third kappa shape index (κ3) is 1.11. The van der Waals surface area contributed by atoms with Crippen LogP contribution in [-0.4, -0.2) is 29.2 Å². The Morgan fingerprint density at radius 2 is 1.84 bits per heavy atom. The monoisotopic (exact) mass is 270 g/mol. The lowest BCUT2D eigenvalue weighted by Crippen LogP contribution is -2.00. The van der Waals surface area contributed by atoms with E-state index in [1.54, 1.807) is 12.7 Å². The van der Waals surface area contributed by atoms with Crippen molar-refractivity contribution < 1.29 is 0 Å². The largest absolute Gasteiger partial charge is 0.257 e. The Hall–Kier alpha value is -2.02. The number of aryl methyl sites for hydroxylation is 2. The van der Waals surface area contributed by atoms with Gasteiger partial charge in [0.05, 0.1) is 5.39 Å². The van der Waals surface area contributed by atoms with Crippen LogP contribution in [0.3, 0.4) is 0 Å². The normalized spacial score (nSPS) is 15.6. The zero-order chi connectivity index (χ0) is 12.4. The summed E-state index contributed by atoms with van der Waals surface area (Å²) < 4.78 is 3.98. The molecule has 0 bridgehead atoms. The number of fused-ring (bicyclic) bond motifs is 8. The van der Waals surface area contributed by atoms with Gasteiger partial charge in [-0.15, -0.1) is 31.7 Å². The molecule has 0 fully saturated rings. The first-order chi connectivity index (χ1) is 9.43. The van der Waals surface area contributed by atoms with E-state index < -0.39 is 0 Å². The van der Waals surface area contributed by atoms with Crippen LogP contribution in [0.1, 0.15) is 23.3 Å². The molecule has 0 amide bonds. The molecule has 5 rings (SSSR count). The summed E-state index contributed by atoms with van der Waals surface area (Å²) >= 11 is 1.85. The van der Waals surface area contributed by atoms with E-state index in [1.165, 1.54) is 39.9 Å². The summed E-state index contributed by atoms with van der Waals surface area (Å²) in [5, 5.41) is 17.8. The first-order valence-electron chi connectivity index (χ1n) is 6.39. The molecule has 4 aromatic rings. The molecular formula is C12H10N6S. The lowest BCUT2D eigenvalue weighted by molar-refractivity contribution is 0.700. The second-order valence-corrected chi connectivity index (χ2v) is 6.00. The maximum atomic E-state index is 4.30. The summed E-state index contributed by atoms with van der Waals surface area (Å²) in [6.45, 7) is 0. The van der Waals surface area contributed by atoms with Crippen LogP contribution in [0.5, 0.6) is 0 Å². The van der Waals surface area contributed by atoms with Crippen molar-refractivity contribution in [3.63, 3.8) is 0 Å². The Balaban J connectivity index is 2.13. The number of rotatable bonds is 0. The highest BCUT2D eigenvalue weighted by Crippen LogP contribution is 2.38. The fourth-order valence-corrected chi connectivity index (χ4v) is 4.39. The molecule has 0 radical (unpaired) electrons. The molecule has 0 N–H and O–H groups in total. The van der Waals surface area contributed by atoms with Crippen molar-refractivity contribution in [1.29, 1.82) is 0 Å². The molecule has 0 spiro atoms. The summed E-state index contributed by atoms with van der Waals surface area (Å²) in [5.41, 5.74) is 2.37.